The molecule has 2 heterocycles. The summed E-state index contributed by atoms with van der Waals surface area (Å²) in [4.78, 5) is 31.2. The standard InChI is InChI=1S/C21H22N2O3S2/c1-12-5-7-19(26-4)16(9-12)17-11-27-21(22-17)23-20(25)8-6-18(24)15-10-13(2)28-14(15)3/h5,7,9-11H,6,8H2,1-4H3,(H,22,23,25). The van der Waals surface area contributed by atoms with Gasteiger partial charge in [0.25, 0.3) is 0 Å². The summed E-state index contributed by atoms with van der Waals surface area (Å²) in [5, 5.41) is 5.19. The average molecular weight is 415 g/mol. The number of carbonyl (C=O) groups is 2. The number of nitrogens with one attached hydrogen (secondary N) is 1. The maximum atomic E-state index is 12.3. The van der Waals surface area contributed by atoms with Gasteiger partial charge in [-0.05, 0) is 39.0 Å². The predicted molar refractivity (Wildman–Crippen MR) is 115 cm³/mol. The minimum absolute atomic E-state index is 0.00123. The first-order valence-electron chi connectivity index (χ1n) is 8.88. The summed E-state index contributed by atoms with van der Waals surface area (Å²) in [7, 11) is 1.62. The third kappa shape index (κ3) is 4.66. The molecule has 1 aromatic carbocycles. The summed E-state index contributed by atoms with van der Waals surface area (Å²) in [6, 6.07) is 7.78. The second-order valence-corrected chi connectivity index (χ2v) is 8.86. The van der Waals surface area contributed by atoms with Crippen molar-refractivity contribution in [2.45, 2.75) is 33.6 Å². The van der Waals surface area contributed by atoms with Crippen molar-refractivity contribution in [3.8, 4) is 17.0 Å². The Kier molecular flexibility index (Phi) is 6.26. The molecule has 0 aliphatic rings. The van der Waals surface area contributed by atoms with Crippen molar-refractivity contribution < 1.29 is 14.3 Å². The minimum atomic E-state index is -0.213. The molecule has 0 aliphatic carbocycles. The highest BCUT2D eigenvalue weighted by atomic mass is 32.1. The van der Waals surface area contributed by atoms with Crippen molar-refractivity contribution in [2.24, 2.45) is 0 Å². The highest BCUT2D eigenvalue weighted by molar-refractivity contribution is 7.14. The first kappa shape index (κ1) is 20.2. The van der Waals surface area contributed by atoms with E-state index >= 15 is 0 Å². The maximum Gasteiger partial charge on any atom is 0.226 e. The summed E-state index contributed by atoms with van der Waals surface area (Å²) in [5.41, 5.74) is 3.46. The van der Waals surface area contributed by atoms with Crippen LogP contribution < -0.4 is 10.1 Å². The van der Waals surface area contributed by atoms with Crippen LogP contribution in [0.2, 0.25) is 0 Å². The Balaban J connectivity index is 1.62. The van der Waals surface area contributed by atoms with Gasteiger partial charge >= 0.3 is 0 Å². The van der Waals surface area contributed by atoms with E-state index in [4.69, 9.17) is 4.74 Å². The molecular weight excluding hydrogens is 392 g/mol. The molecule has 0 bridgehead atoms. The number of thiazole rings is 1. The molecule has 2 aromatic heterocycles. The van der Waals surface area contributed by atoms with Crippen molar-refractivity contribution in [1.29, 1.82) is 0 Å². The van der Waals surface area contributed by atoms with Crippen molar-refractivity contribution in [2.75, 3.05) is 12.4 Å². The third-order valence-electron chi connectivity index (χ3n) is 4.30. The molecule has 0 saturated carbocycles. The number of hydrogen-bond acceptors (Lipinski definition) is 6. The average Bonchev–Trinajstić information content (AvgIpc) is 3.25. The van der Waals surface area contributed by atoms with Crippen LogP contribution in [0.1, 0.15) is 38.5 Å². The molecule has 28 heavy (non-hydrogen) atoms. The van der Waals surface area contributed by atoms with E-state index in [2.05, 4.69) is 10.3 Å². The van der Waals surface area contributed by atoms with Gasteiger partial charge in [-0.25, -0.2) is 4.98 Å². The van der Waals surface area contributed by atoms with Gasteiger partial charge in [0, 0.05) is 39.1 Å². The van der Waals surface area contributed by atoms with Crippen molar-refractivity contribution in [3.63, 3.8) is 0 Å². The number of hydrogen-bond donors (Lipinski definition) is 1. The van der Waals surface area contributed by atoms with Gasteiger partial charge in [0.1, 0.15) is 5.75 Å². The van der Waals surface area contributed by atoms with Gasteiger partial charge in [-0.15, -0.1) is 22.7 Å². The van der Waals surface area contributed by atoms with Crippen LogP contribution >= 0.6 is 22.7 Å². The Hall–Kier alpha value is -2.51. The van der Waals surface area contributed by atoms with Crippen LogP contribution in [-0.4, -0.2) is 23.8 Å². The van der Waals surface area contributed by atoms with Crippen LogP contribution in [0.5, 0.6) is 5.75 Å². The van der Waals surface area contributed by atoms with Gasteiger partial charge in [0.15, 0.2) is 10.9 Å². The van der Waals surface area contributed by atoms with Crippen LogP contribution in [0.25, 0.3) is 11.3 Å². The number of nitrogens with zero attached hydrogens (tertiary/aromatic N) is 1. The summed E-state index contributed by atoms with van der Waals surface area (Å²) in [6.45, 7) is 5.91. The lowest BCUT2D eigenvalue weighted by molar-refractivity contribution is -0.116. The van der Waals surface area contributed by atoms with Crippen LogP contribution in [0.3, 0.4) is 0 Å². The van der Waals surface area contributed by atoms with E-state index in [1.807, 2.05) is 50.4 Å². The summed E-state index contributed by atoms with van der Waals surface area (Å²) < 4.78 is 5.40. The van der Waals surface area contributed by atoms with Gasteiger partial charge in [-0.3, -0.25) is 9.59 Å². The quantitative estimate of drug-likeness (QED) is 0.525. The van der Waals surface area contributed by atoms with E-state index in [9.17, 15) is 9.59 Å². The molecule has 0 saturated heterocycles. The number of aryl methyl sites for hydroxylation is 3. The van der Waals surface area contributed by atoms with E-state index in [0.717, 1.165) is 37.9 Å². The fourth-order valence-corrected chi connectivity index (χ4v) is 4.60. The van der Waals surface area contributed by atoms with Gasteiger partial charge in [-0.2, -0.15) is 0 Å². The lowest BCUT2D eigenvalue weighted by Crippen LogP contribution is -2.13. The topological polar surface area (TPSA) is 68.3 Å². The van der Waals surface area contributed by atoms with E-state index in [-0.39, 0.29) is 24.5 Å². The summed E-state index contributed by atoms with van der Waals surface area (Å²) in [6.07, 6.45) is 0.322. The highest BCUT2D eigenvalue weighted by Crippen LogP contribution is 2.33. The Morgan fingerprint density at radius 1 is 1.14 bits per heavy atom. The normalized spacial score (nSPS) is 10.7. The predicted octanol–water partition coefficient (Wildman–Crippen LogP) is 5.41. The monoisotopic (exact) mass is 414 g/mol. The number of anilines is 1. The molecule has 1 N–H and O–H groups in total. The van der Waals surface area contributed by atoms with Crippen LogP contribution in [0, 0.1) is 20.8 Å². The first-order chi connectivity index (χ1) is 13.4. The number of aromatic nitrogens is 1. The van der Waals surface area contributed by atoms with E-state index < -0.39 is 0 Å². The number of carbonyl (C=O) groups excluding carboxylic acids is 2. The SMILES string of the molecule is COc1ccc(C)cc1-c1csc(NC(=O)CCC(=O)c2cc(C)sc2C)n1. The zero-order valence-electron chi connectivity index (χ0n) is 16.3. The van der Waals surface area contributed by atoms with E-state index in [0.29, 0.717) is 5.13 Å². The smallest absolute Gasteiger partial charge is 0.226 e. The van der Waals surface area contributed by atoms with Crippen molar-refractivity contribution in [1.82, 2.24) is 4.98 Å². The second kappa shape index (κ2) is 8.67. The fourth-order valence-electron chi connectivity index (χ4n) is 2.93. The molecule has 0 atom stereocenters. The molecule has 3 aromatic rings. The van der Waals surface area contributed by atoms with Crippen molar-refractivity contribution in [3.05, 3.63) is 50.5 Å². The van der Waals surface area contributed by atoms with Gasteiger partial charge in [0.05, 0.1) is 12.8 Å². The van der Waals surface area contributed by atoms with Crippen LogP contribution in [0.4, 0.5) is 5.13 Å². The Morgan fingerprint density at radius 3 is 2.61 bits per heavy atom. The third-order valence-corrected chi connectivity index (χ3v) is 6.03. The van der Waals surface area contributed by atoms with Gasteiger partial charge in [-0.1, -0.05) is 11.6 Å². The number of ether oxygens (including phenoxy) is 1. The number of benzene rings is 1. The Bertz CT molecular complexity index is 1020. The largest absolute Gasteiger partial charge is 0.496 e. The zero-order chi connectivity index (χ0) is 20.3. The van der Waals surface area contributed by atoms with Crippen LogP contribution in [-0.2, 0) is 4.79 Å². The molecule has 146 valence electrons. The number of ketones is 1. The molecule has 0 unspecified atom stereocenters. The van der Waals surface area contributed by atoms with E-state index in [1.54, 1.807) is 18.4 Å². The van der Waals surface area contributed by atoms with Crippen LogP contribution in [0.15, 0.2) is 29.6 Å². The Morgan fingerprint density at radius 2 is 1.93 bits per heavy atom. The molecule has 0 fully saturated rings. The molecule has 0 aliphatic heterocycles. The maximum absolute atomic E-state index is 12.3. The first-order valence-corrected chi connectivity index (χ1v) is 10.6. The molecule has 0 spiro atoms. The van der Waals surface area contributed by atoms with Gasteiger partial charge < -0.3 is 10.1 Å². The second-order valence-electron chi connectivity index (χ2n) is 6.54. The lowest BCUT2D eigenvalue weighted by atomic mass is 10.1. The zero-order valence-corrected chi connectivity index (χ0v) is 17.9. The number of thiophene rings is 1. The molecule has 1 amide bonds. The molecular formula is C21H22N2O3S2. The molecule has 3 rings (SSSR count). The fraction of sp³-hybridized carbons (Fsp3) is 0.286. The molecule has 5 nitrogen and oxygen atoms in total. The highest BCUT2D eigenvalue weighted by Gasteiger charge is 2.15. The summed E-state index contributed by atoms with van der Waals surface area (Å²) in [5.74, 6) is 0.525. The minimum Gasteiger partial charge on any atom is -0.496 e. The number of amides is 1. The molecule has 7 heteroatoms. The lowest BCUT2D eigenvalue weighted by Gasteiger charge is -2.07. The number of methoxy groups -OCH3 is 1. The van der Waals surface area contributed by atoms with Gasteiger partial charge in [0.2, 0.25) is 5.91 Å². The Labute approximate surface area is 172 Å². The number of Topliss-reactive ketones (excluding diaryl/α,β-unsaturated/α-hetero) is 1. The number of rotatable bonds is 7. The summed E-state index contributed by atoms with van der Waals surface area (Å²) >= 11 is 2.95. The van der Waals surface area contributed by atoms with Crippen molar-refractivity contribution >= 4 is 39.5 Å². The molecule has 0 radical (unpaired) electrons. The van der Waals surface area contributed by atoms with E-state index in [1.165, 1.54) is 11.3 Å².